The van der Waals surface area contributed by atoms with Crippen LogP contribution in [0.25, 0.3) is 0 Å². The van der Waals surface area contributed by atoms with Crippen LogP contribution in [0.3, 0.4) is 0 Å². The summed E-state index contributed by atoms with van der Waals surface area (Å²) in [6.07, 6.45) is 5.15. The zero-order valence-electron chi connectivity index (χ0n) is 11.8. The second kappa shape index (κ2) is 6.18. The van der Waals surface area contributed by atoms with Crippen molar-refractivity contribution in [3.8, 4) is 0 Å². The predicted molar refractivity (Wildman–Crippen MR) is 77.5 cm³/mol. The van der Waals surface area contributed by atoms with E-state index in [0.29, 0.717) is 12.0 Å². The minimum Gasteiger partial charge on any atom is -0.333 e. The Morgan fingerprint density at radius 1 is 1.24 bits per heavy atom. The first-order valence-corrected chi connectivity index (χ1v) is 7.23. The molecule has 0 amide bonds. The number of hydrogen-bond acceptors (Lipinski definition) is 3. The highest BCUT2D eigenvalue weighted by molar-refractivity contribution is 5.95. The normalized spacial score (nSPS) is 14.9. The summed E-state index contributed by atoms with van der Waals surface area (Å²) in [7, 11) is 0. The molecule has 2 aromatic rings. The molecule has 0 unspecified atom stereocenters. The second-order valence-electron chi connectivity index (χ2n) is 5.35. The summed E-state index contributed by atoms with van der Waals surface area (Å²) in [5.74, 6) is 0.856. The molecule has 21 heavy (non-hydrogen) atoms. The summed E-state index contributed by atoms with van der Waals surface area (Å²) in [4.78, 5) is 18.6. The number of rotatable bonds is 5. The Labute approximate surface area is 123 Å². The molecule has 1 aliphatic heterocycles. The van der Waals surface area contributed by atoms with Crippen LogP contribution in [0.15, 0.2) is 36.7 Å². The lowest BCUT2D eigenvalue weighted by atomic mass is 10.1. The highest BCUT2D eigenvalue weighted by Gasteiger charge is 2.16. The lowest BCUT2D eigenvalue weighted by molar-refractivity contribution is 0.0972. The molecule has 0 radical (unpaired) electrons. The number of nitrogens with zero attached hydrogens (tertiary/aromatic N) is 3. The van der Waals surface area contributed by atoms with Crippen LogP contribution >= 0.6 is 0 Å². The number of carbonyl (C=O) groups is 1. The van der Waals surface area contributed by atoms with Crippen molar-refractivity contribution in [3.63, 3.8) is 0 Å². The first-order chi connectivity index (χ1) is 10.2. The number of aromatic nitrogens is 2. The van der Waals surface area contributed by atoms with Gasteiger partial charge in [0.2, 0.25) is 0 Å². The summed E-state index contributed by atoms with van der Waals surface area (Å²) < 4.78 is 15.0. The highest BCUT2D eigenvalue weighted by atomic mass is 19.1. The first kappa shape index (κ1) is 13.9. The van der Waals surface area contributed by atoms with E-state index in [4.69, 9.17) is 0 Å². The third kappa shape index (κ3) is 3.36. The summed E-state index contributed by atoms with van der Waals surface area (Å²) in [6.45, 7) is 3.69. The monoisotopic (exact) mass is 287 g/mol. The van der Waals surface area contributed by atoms with Crippen molar-refractivity contribution in [1.82, 2.24) is 14.5 Å². The molecule has 110 valence electrons. The van der Waals surface area contributed by atoms with Gasteiger partial charge in [-0.1, -0.05) is 0 Å². The standard InChI is InChI=1S/C16H18FN3O/c17-14-5-3-13(4-6-14)15(21)2-1-8-19-10-11-20-9-7-18-16(20)12-19/h3-7,9H,1-2,8,10-12H2. The van der Waals surface area contributed by atoms with Gasteiger partial charge < -0.3 is 4.57 Å². The fourth-order valence-corrected chi connectivity index (χ4v) is 2.66. The van der Waals surface area contributed by atoms with Gasteiger partial charge in [-0.2, -0.15) is 0 Å². The third-order valence-corrected chi connectivity index (χ3v) is 3.87. The number of Topliss-reactive ketones (excluding diaryl/α,β-unsaturated/α-hetero) is 1. The Morgan fingerprint density at radius 3 is 2.86 bits per heavy atom. The van der Waals surface area contributed by atoms with E-state index < -0.39 is 0 Å². The molecule has 3 rings (SSSR count). The molecule has 0 fully saturated rings. The maximum atomic E-state index is 12.8. The molecule has 0 bridgehead atoms. The molecule has 0 saturated heterocycles. The fraction of sp³-hybridized carbons (Fsp3) is 0.375. The van der Waals surface area contributed by atoms with Crippen molar-refractivity contribution in [1.29, 1.82) is 0 Å². The third-order valence-electron chi connectivity index (χ3n) is 3.87. The number of carbonyl (C=O) groups excluding carboxylic acids is 1. The SMILES string of the molecule is O=C(CCCN1CCn2ccnc2C1)c1ccc(F)cc1. The molecule has 5 heteroatoms. The summed E-state index contributed by atoms with van der Waals surface area (Å²) in [5, 5.41) is 0. The van der Waals surface area contributed by atoms with E-state index in [-0.39, 0.29) is 11.6 Å². The van der Waals surface area contributed by atoms with E-state index in [1.807, 2.05) is 12.4 Å². The molecule has 1 aliphatic rings. The Hall–Kier alpha value is -2.01. The van der Waals surface area contributed by atoms with Crippen molar-refractivity contribution in [2.75, 3.05) is 13.1 Å². The highest BCUT2D eigenvalue weighted by Crippen LogP contribution is 2.12. The molecule has 0 atom stereocenters. The number of hydrogen-bond donors (Lipinski definition) is 0. The van der Waals surface area contributed by atoms with Crippen molar-refractivity contribution >= 4 is 5.78 Å². The Kier molecular flexibility index (Phi) is 4.10. The smallest absolute Gasteiger partial charge is 0.162 e. The maximum absolute atomic E-state index is 12.8. The van der Waals surface area contributed by atoms with Crippen molar-refractivity contribution in [2.45, 2.75) is 25.9 Å². The molecule has 4 nitrogen and oxygen atoms in total. The molecular weight excluding hydrogens is 269 g/mol. The van der Waals surface area contributed by atoms with Crippen LogP contribution in [-0.2, 0) is 13.1 Å². The lowest BCUT2D eigenvalue weighted by Gasteiger charge is -2.27. The van der Waals surface area contributed by atoms with Crippen LogP contribution in [0.1, 0.15) is 29.0 Å². The number of halogens is 1. The quantitative estimate of drug-likeness (QED) is 0.793. The average Bonchev–Trinajstić information content (AvgIpc) is 2.95. The topological polar surface area (TPSA) is 38.1 Å². The zero-order chi connectivity index (χ0) is 14.7. The molecule has 0 saturated carbocycles. The van der Waals surface area contributed by atoms with Crippen LogP contribution in [0.4, 0.5) is 4.39 Å². The summed E-state index contributed by atoms with van der Waals surface area (Å²) in [5.41, 5.74) is 0.589. The first-order valence-electron chi connectivity index (χ1n) is 7.23. The van der Waals surface area contributed by atoms with Gasteiger partial charge in [0, 0.05) is 37.5 Å². The number of imidazole rings is 1. The lowest BCUT2D eigenvalue weighted by Crippen LogP contribution is -2.34. The molecular formula is C16H18FN3O. The van der Waals surface area contributed by atoms with Crippen LogP contribution < -0.4 is 0 Å². The van der Waals surface area contributed by atoms with E-state index in [1.54, 1.807) is 12.1 Å². The molecule has 2 heterocycles. The van der Waals surface area contributed by atoms with E-state index in [9.17, 15) is 9.18 Å². The van der Waals surface area contributed by atoms with Gasteiger partial charge in [0.15, 0.2) is 5.78 Å². The average molecular weight is 287 g/mol. The maximum Gasteiger partial charge on any atom is 0.162 e. The van der Waals surface area contributed by atoms with Gasteiger partial charge in [-0.3, -0.25) is 9.69 Å². The van der Waals surface area contributed by atoms with E-state index >= 15 is 0 Å². The minimum atomic E-state index is -0.310. The van der Waals surface area contributed by atoms with E-state index in [2.05, 4.69) is 14.5 Å². The van der Waals surface area contributed by atoms with Gasteiger partial charge in [0.1, 0.15) is 11.6 Å². The van der Waals surface area contributed by atoms with Gasteiger partial charge in [0.25, 0.3) is 0 Å². The largest absolute Gasteiger partial charge is 0.333 e. The van der Waals surface area contributed by atoms with Gasteiger partial charge in [0.05, 0.1) is 6.54 Å². The fourth-order valence-electron chi connectivity index (χ4n) is 2.66. The van der Waals surface area contributed by atoms with Gasteiger partial charge in [-0.25, -0.2) is 9.37 Å². The molecule has 1 aromatic heterocycles. The molecule has 1 aromatic carbocycles. The predicted octanol–water partition coefficient (Wildman–Crippen LogP) is 2.50. The molecule has 0 N–H and O–H groups in total. The van der Waals surface area contributed by atoms with Crippen molar-refractivity contribution < 1.29 is 9.18 Å². The van der Waals surface area contributed by atoms with Gasteiger partial charge in [-0.05, 0) is 37.2 Å². The van der Waals surface area contributed by atoms with Gasteiger partial charge >= 0.3 is 0 Å². The Bertz CT molecular complexity index is 621. The van der Waals surface area contributed by atoms with E-state index in [1.165, 1.54) is 12.1 Å². The number of ketones is 1. The van der Waals surface area contributed by atoms with Crippen LogP contribution in [0.5, 0.6) is 0 Å². The minimum absolute atomic E-state index is 0.0773. The zero-order valence-corrected chi connectivity index (χ0v) is 11.8. The number of fused-ring (bicyclic) bond motifs is 1. The van der Waals surface area contributed by atoms with Crippen LogP contribution in [0.2, 0.25) is 0 Å². The van der Waals surface area contributed by atoms with Crippen LogP contribution in [-0.4, -0.2) is 33.3 Å². The molecule has 0 spiro atoms. The Balaban J connectivity index is 1.46. The molecule has 0 aliphatic carbocycles. The summed E-state index contributed by atoms with van der Waals surface area (Å²) in [6, 6.07) is 5.76. The number of benzene rings is 1. The van der Waals surface area contributed by atoms with Gasteiger partial charge in [-0.15, -0.1) is 0 Å². The van der Waals surface area contributed by atoms with E-state index in [0.717, 1.165) is 38.4 Å². The van der Waals surface area contributed by atoms with Crippen molar-refractivity contribution in [2.24, 2.45) is 0 Å². The Morgan fingerprint density at radius 2 is 2.05 bits per heavy atom. The van der Waals surface area contributed by atoms with Crippen LogP contribution in [0, 0.1) is 5.82 Å². The van der Waals surface area contributed by atoms with Crippen molar-refractivity contribution in [3.05, 3.63) is 53.9 Å². The summed E-state index contributed by atoms with van der Waals surface area (Å²) >= 11 is 0. The second-order valence-corrected chi connectivity index (χ2v) is 5.35.